The van der Waals surface area contributed by atoms with Crippen molar-refractivity contribution in [2.45, 2.75) is 13.0 Å². The Morgan fingerprint density at radius 3 is 2.44 bits per heavy atom. The second kappa shape index (κ2) is 8.26. The largest absolute Gasteiger partial charge is 0.507 e. The first kappa shape index (κ1) is 21.2. The number of aliphatic hydroxyl groups excluding tert-OH is 1. The normalized spacial score (nSPS) is 17.6. The van der Waals surface area contributed by atoms with Crippen molar-refractivity contribution < 1.29 is 28.2 Å². The number of ketones is 1. The molecular formula is C25H19F2NO4. The predicted octanol–water partition coefficient (Wildman–Crippen LogP) is 4.91. The lowest BCUT2D eigenvalue weighted by atomic mass is 9.94. The first-order valence-electron chi connectivity index (χ1n) is 9.79. The van der Waals surface area contributed by atoms with E-state index < -0.39 is 35.1 Å². The Kier molecular flexibility index (Phi) is 5.48. The molecule has 1 heterocycles. The number of hydrogen-bond donors (Lipinski definition) is 1. The van der Waals surface area contributed by atoms with E-state index in [1.807, 2.05) is 13.0 Å². The van der Waals surface area contributed by atoms with E-state index in [1.165, 1.54) is 7.11 Å². The van der Waals surface area contributed by atoms with Crippen LogP contribution in [0.3, 0.4) is 0 Å². The molecule has 1 aliphatic heterocycles. The third-order valence-electron chi connectivity index (χ3n) is 5.33. The predicted molar refractivity (Wildman–Crippen MR) is 115 cm³/mol. The Bertz CT molecular complexity index is 1270. The van der Waals surface area contributed by atoms with Crippen molar-refractivity contribution in [3.8, 4) is 5.75 Å². The lowest BCUT2D eigenvalue weighted by Crippen LogP contribution is -2.30. The summed E-state index contributed by atoms with van der Waals surface area (Å²) < 4.78 is 33.5. The number of methoxy groups -OCH3 is 1. The molecule has 1 N–H and O–H groups in total. The zero-order valence-corrected chi connectivity index (χ0v) is 17.3. The molecule has 0 spiro atoms. The van der Waals surface area contributed by atoms with E-state index in [1.54, 1.807) is 42.5 Å². The van der Waals surface area contributed by atoms with Crippen molar-refractivity contribution in [2.24, 2.45) is 0 Å². The molecule has 32 heavy (non-hydrogen) atoms. The molecule has 1 unspecified atom stereocenters. The Labute approximate surface area is 183 Å². The molecule has 0 aromatic heterocycles. The summed E-state index contributed by atoms with van der Waals surface area (Å²) in [5, 5.41) is 11.1. The van der Waals surface area contributed by atoms with Gasteiger partial charge in [-0.3, -0.25) is 14.5 Å². The zero-order chi connectivity index (χ0) is 23.0. The standard InChI is InChI=1S/C25H19F2NO4/c1-14-6-5-7-15(12-14)22-21(23(29)17-8-3-4-9-20(17)32-2)24(30)25(31)28(22)19-11-10-16(26)13-18(19)27/h3-13,22,29H,1-2H3/b23-21+. The number of hydrogen-bond acceptors (Lipinski definition) is 4. The first-order valence-corrected chi connectivity index (χ1v) is 9.79. The highest BCUT2D eigenvalue weighted by Crippen LogP contribution is 2.44. The molecule has 1 saturated heterocycles. The van der Waals surface area contributed by atoms with Gasteiger partial charge in [0, 0.05) is 6.07 Å². The average Bonchev–Trinajstić information content (AvgIpc) is 3.04. The van der Waals surface area contributed by atoms with Gasteiger partial charge in [-0.15, -0.1) is 0 Å². The van der Waals surface area contributed by atoms with Crippen LogP contribution in [0.5, 0.6) is 5.75 Å². The Hall–Kier alpha value is -4.00. The van der Waals surface area contributed by atoms with E-state index in [4.69, 9.17) is 4.74 Å². The number of aliphatic hydroxyl groups is 1. The number of rotatable bonds is 4. The fourth-order valence-electron chi connectivity index (χ4n) is 3.90. The molecule has 7 heteroatoms. The molecule has 0 radical (unpaired) electrons. The number of halogens is 2. The summed E-state index contributed by atoms with van der Waals surface area (Å²) in [5.41, 5.74) is 1.06. The molecule has 0 aliphatic carbocycles. The molecule has 1 aliphatic rings. The molecule has 5 nitrogen and oxygen atoms in total. The lowest BCUT2D eigenvalue weighted by molar-refractivity contribution is -0.132. The van der Waals surface area contributed by atoms with Gasteiger partial charge in [0.25, 0.3) is 11.7 Å². The smallest absolute Gasteiger partial charge is 0.300 e. The lowest BCUT2D eigenvalue weighted by Gasteiger charge is -2.26. The summed E-state index contributed by atoms with van der Waals surface area (Å²) in [4.78, 5) is 27.1. The molecule has 162 valence electrons. The monoisotopic (exact) mass is 435 g/mol. The zero-order valence-electron chi connectivity index (χ0n) is 17.3. The SMILES string of the molecule is COc1ccccc1/C(O)=C1\C(=O)C(=O)N(c2ccc(F)cc2F)C1c1cccc(C)c1. The fraction of sp³-hybridized carbons (Fsp3) is 0.120. The van der Waals surface area contributed by atoms with Crippen molar-refractivity contribution in [2.75, 3.05) is 12.0 Å². The number of aryl methyl sites for hydroxylation is 1. The van der Waals surface area contributed by atoms with Gasteiger partial charge in [-0.05, 0) is 36.8 Å². The van der Waals surface area contributed by atoms with Gasteiger partial charge >= 0.3 is 0 Å². The van der Waals surface area contributed by atoms with E-state index in [0.717, 1.165) is 22.6 Å². The van der Waals surface area contributed by atoms with Gasteiger partial charge in [-0.2, -0.15) is 0 Å². The highest BCUT2D eigenvalue weighted by molar-refractivity contribution is 6.51. The van der Waals surface area contributed by atoms with Crippen molar-refractivity contribution >= 4 is 23.1 Å². The van der Waals surface area contributed by atoms with E-state index in [2.05, 4.69) is 0 Å². The van der Waals surface area contributed by atoms with Crippen molar-refractivity contribution in [1.82, 2.24) is 0 Å². The van der Waals surface area contributed by atoms with E-state index in [9.17, 15) is 23.5 Å². The molecular weight excluding hydrogens is 416 g/mol. The van der Waals surface area contributed by atoms with Gasteiger partial charge in [0.15, 0.2) is 0 Å². The quantitative estimate of drug-likeness (QED) is 0.359. The van der Waals surface area contributed by atoms with E-state index >= 15 is 0 Å². The van der Waals surface area contributed by atoms with Gasteiger partial charge in [0.1, 0.15) is 23.1 Å². The maximum atomic E-state index is 14.7. The van der Waals surface area contributed by atoms with Crippen LogP contribution >= 0.6 is 0 Å². The maximum Gasteiger partial charge on any atom is 0.300 e. The van der Waals surface area contributed by atoms with Gasteiger partial charge in [-0.25, -0.2) is 8.78 Å². The molecule has 1 atom stereocenters. The minimum absolute atomic E-state index is 0.213. The Morgan fingerprint density at radius 2 is 1.75 bits per heavy atom. The summed E-state index contributed by atoms with van der Waals surface area (Å²) in [5.74, 6) is -3.97. The third kappa shape index (κ3) is 3.51. The number of benzene rings is 3. The number of carbonyl (C=O) groups excluding carboxylic acids is 2. The summed E-state index contributed by atoms with van der Waals surface area (Å²) in [6.45, 7) is 1.83. The van der Waals surface area contributed by atoms with Gasteiger partial charge in [0.2, 0.25) is 0 Å². The second-order valence-electron chi connectivity index (χ2n) is 7.38. The van der Waals surface area contributed by atoms with Crippen LogP contribution < -0.4 is 9.64 Å². The van der Waals surface area contributed by atoms with Gasteiger partial charge in [0.05, 0.1) is 30.0 Å². The van der Waals surface area contributed by atoms with Crippen molar-refractivity contribution in [3.63, 3.8) is 0 Å². The van der Waals surface area contributed by atoms with Crippen molar-refractivity contribution in [1.29, 1.82) is 0 Å². The van der Waals surface area contributed by atoms with Crippen LogP contribution in [-0.4, -0.2) is 23.9 Å². The van der Waals surface area contributed by atoms with Gasteiger partial charge < -0.3 is 9.84 Å². The van der Waals surface area contributed by atoms with Crippen LogP contribution in [0.25, 0.3) is 5.76 Å². The second-order valence-corrected chi connectivity index (χ2v) is 7.38. The summed E-state index contributed by atoms with van der Waals surface area (Å²) >= 11 is 0. The highest BCUT2D eigenvalue weighted by Gasteiger charge is 2.48. The summed E-state index contributed by atoms with van der Waals surface area (Å²) in [7, 11) is 1.41. The highest BCUT2D eigenvalue weighted by atomic mass is 19.1. The number of nitrogens with zero attached hydrogens (tertiary/aromatic N) is 1. The minimum atomic E-state index is -1.13. The van der Waals surface area contributed by atoms with Crippen LogP contribution in [-0.2, 0) is 9.59 Å². The van der Waals surface area contributed by atoms with Crippen LogP contribution in [0.1, 0.15) is 22.7 Å². The molecule has 1 amide bonds. The van der Waals surface area contributed by atoms with Crippen LogP contribution in [0.4, 0.5) is 14.5 Å². The number of amides is 1. The number of carbonyl (C=O) groups is 2. The first-order chi connectivity index (χ1) is 15.3. The number of anilines is 1. The van der Waals surface area contributed by atoms with Gasteiger partial charge in [-0.1, -0.05) is 42.0 Å². The fourth-order valence-corrected chi connectivity index (χ4v) is 3.90. The third-order valence-corrected chi connectivity index (χ3v) is 5.33. The molecule has 1 fully saturated rings. The maximum absolute atomic E-state index is 14.7. The molecule has 3 aromatic carbocycles. The molecule has 0 saturated carbocycles. The summed E-state index contributed by atoms with van der Waals surface area (Å²) in [6.07, 6.45) is 0. The minimum Gasteiger partial charge on any atom is -0.507 e. The molecule has 3 aromatic rings. The van der Waals surface area contributed by atoms with E-state index in [-0.39, 0.29) is 16.8 Å². The van der Waals surface area contributed by atoms with Crippen LogP contribution in [0.15, 0.2) is 72.3 Å². The summed E-state index contributed by atoms with van der Waals surface area (Å²) in [6, 6.07) is 15.1. The molecule has 4 rings (SSSR count). The number of para-hydroxylation sites is 1. The average molecular weight is 435 g/mol. The van der Waals surface area contributed by atoms with E-state index in [0.29, 0.717) is 17.4 Å². The number of Topliss-reactive ketones (excluding diaryl/α,β-unsaturated/α-hetero) is 1. The van der Waals surface area contributed by atoms with Crippen molar-refractivity contribution in [3.05, 3.63) is 101 Å². The van der Waals surface area contributed by atoms with Crippen LogP contribution in [0, 0.1) is 18.6 Å². The van der Waals surface area contributed by atoms with Crippen LogP contribution in [0.2, 0.25) is 0 Å². The topological polar surface area (TPSA) is 66.8 Å². The Morgan fingerprint density at radius 1 is 1.00 bits per heavy atom. The molecule has 0 bridgehead atoms. The number of ether oxygens (including phenoxy) is 1. The Balaban J connectivity index is 2.00.